The second-order valence-corrected chi connectivity index (χ2v) is 5.45. The third kappa shape index (κ3) is 3.98. The molecule has 0 aromatic heterocycles. The Kier molecular flexibility index (Phi) is 4.73. The van der Waals surface area contributed by atoms with Crippen molar-refractivity contribution in [1.82, 2.24) is 10.7 Å². The van der Waals surface area contributed by atoms with E-state index in [0.29, 0.717) is 11.7 Å². The molecule has 0 aliphatic carbocycles. The van der Waals surface area contributed by atoms with Crippen molar-refractivity contribution < 1.29 is 9.47 Å². The lowest BCUT2D eigenvalue weighted by molar-refractivity contribution is 0.174. The summed E-state index contributed by atoms with van der Waals surface area (Å²) in [7, 11) is 0. The molecule has 0 fully saturated rings. The standard InChI is InChI=1S/C17H17N3O2S/c1-12(14-7-8-15-16(9-14)22-11-21-15)19-20-17(23)18-10-13-5-3-2-4-6-13/h2-9H,10-11H2,1H3,(H2,18,20,23)/b19-12-. The lowest BCUT2D eigenvalue weighted by atomic mass is 10.1. The zero-order valence-electron chi connectivity index (χ0n) is 12.7. The zero-order chi connectivity index (χ0) is 16.1. The molecule has 0 unspecified atom stereocenters. The molecule has 0 amide bonds. The maximum absolute atomic E-state index is 5.37. The highest BCUT2D eigenvalue weighted by atomic mass is 32.1. The SMILES string of the molecule is C/C(=N/NC(=S)NCc1ccccc1)c1ccc2c(c1)OCO2. The molecule has 2 aromatic rings. The number of nitrogens with one attached hydrogen (secondary N) is 2. The second kappa shape index (κ2) is 7.11. The Balaban J connectivity index is 1.55. The predicted octanol–water partition coefficient (Wildman–Crippen LogP) is 2.80. The Morgan fingerprint density at radius 3 is 2.74 bits per heavy atom. The number of thiocarbonyl (C=S) groups is 1. The summed E-state index contributed by atoms with van der Waals surface area (Å²) in [5.41, 5.74) is 5.78. The van der Waals surface area contributed by atoms with Crippen LogP contribution < -0.4 is 20.2 Å². The topological polar surface area (TPSA) is 54.9 Å². The minimum Gasteiger partial charge on any atom is -0.454 e. The molecule has 1 heterocycles. The van der Waals surface area contributed by atoms with Gasteiger partial charge in [0, 0.05) is 12.1 Å². The van der Waals surface area contributed by atoms with Gasteiger partial charge in [0.2, 0.25) is 6.79 Å². The highest BCUT2D eigenvalue weighted by Gasteiger charge is 2.13. The highest BCUT2D eigenvalue weighted by molar-refractivity contribution is 7.80. The summed E-state index contributed by atoms with van der Waals surface area (Å²) in [6, 6.07) is 15.8. The Morgan fingerprint density at radius 2 is 1.91 bits per heavy atom. The van der Waals surface area contributed by atoms with E-state index in [2.05, 4.69) is 15.8 Å². The van der Waals surface area contributed by atoms with Crippen LogP contribution in [-0.4, -0.2) is 17.6 Å². The molecule has 0 saturated carbocycles. The number of rotatable bonds is 4. The van der Waals surface area contributed by atoms with E-state index in [1.54, 1.807) is 0 Å². The van der Waals surface area contributed by atoms with Gasteiger partial charge in [-0.3, -0.25) is 5.43 Å². The summed E-state index contributed by atoms with van der Waals surface area (Å²) in [4.78, 5) is 0. The summed E-state index contributed by atoms with van der Waals surface area (Å²) in [5.74, 6) is 1.50. The van der Waals surface area contributed by atoms with Crippen molar-refractivity contribution in [2.75, 3.05) is 6.79 Å². The monoisotopic (exact) mass is 327 g/mol. The van der Waals surface area contributed by atoms with Crippen LogP contribution in [0, 0.1) is 0 Å². The van der Waals surface area contributed by atoms with Crippen molar-refractivity contribution in [2.45, 2.75) is 13.5 Å². The highest BCUT2D eigenvalue weighted by Crippen LogP contribution is 2.32. The molecule has 0 spiro atoms. The average Bonchev–Trinajstić information content (AvgIpc) is 3.06. The number of hydrogen-bond donors (Lipinski definition) is 2. The van der Waals surface area contributed by atoms with Gasteiger partial charge < -0.3 is 14.8 Å². The van der Waals surface area contributed by atoms with E-state index < -0.39 is 0 Å². The number of hydrogen-bond acceptors (Lipinski definition) is 4. The van der Waals surface area contributed by atoms with Gasteiger partial charge in [-0.2, -0.15) is 5.10 Å². The van der Waals surface area contributed by atoms with Crippen molar-refractivity contribution in [1.29, 1.82) is 0 Å². The van der Waals surface area contributed by atoms with E-state index in [-0.39, 0.29) is 6.79 Å². The number of benzene rings is 2. The fourth-order valence-corrected chi connectivity index (χ4v) is 2.26. The maximum atomic E-state index is 5.37. The first-order valence-electron chi connectivity index (χ1n) is 7.24. The van der Waals surface area contributed by atoms with Gasteiger partial charge in [-0.15, -0.1) is 0 Å². The molecule has 2 N–H and O–H groups in total. The summed E-state index contributed by atoms with van der Waals surface area (Å²) >= 11 is 5.23. The van der Waals surface area contributed by atoms with E-state index in [1.807, 2.05) is 55.5 Å². The molecule has 0 atom stereocenters. The van der Waals surface area contributed by atoms with Gasteiger partial charge in [0.15, 0.2) is 16.6 Å². The molecule has 6 heteroatoms. The fourth-order valence-electron chi connectivity index (χ4n) is 2.14. The lowest BCUT2D eigenvalue weighted by Gasteiger charge is -2.08. The minimum absolute atomic E-state index is 0.265. The molecule has 0 bridgehead atoms. The molecule has 0 saturated heterocycles. The number of fused-ring (bicyclic) bond motifs is 1. The number of ether oxygens (including phenoxy) is 2. The van der Waals surface area contributed by atoms with Gasteiger partial charge in [-0.25, -0.2) is 0 Å². The Bertz CT molecular complexity index is 732. The van der Waals surface area contributed by atoms with Crippen LogP contribution in [0.15, 0.2) is 53.6 Å². The summed E-state index contributed by atoms with van der Waals surface area (Å²) in [6.07, 6.45) is 0. The van der Waals surface area contributed by atoms with Crippen molar-refractivity contribution in [3.63, 3.8) is 0 Å². The first-order valence-corrected chi connectivity index (χ1v) is 7.65. The van der Waals surface area contributed by atoms with Gasteiger partial charge in [0.1, 0.15) is 0 Å². The van der Waals surface area contributed by atoms with Gasteiger partial charge in [-0.05, 0) is 42.9 Å². The van der Waals surface area contributed by atoms with Crippen molar-refractivity contribution in [2.24, 2.45) is 5.10 Å². The van der Waals surface area contributed by atoms with Crippen LogP contribution >= 0.6 is 12.2 Å². The summed E-state index contributed by atoms with van der Waals surface area (Å²) in [5, 5.41) is 7.90. The maximum Gasteiger partial charge on any atom is 0.231 e. The zero-order valence-corrected chi connectivity index (χ0v) is 13.5. The van der Waals surface area contributed by atoms with Crippen LogP contribution in [0.2, 0.25) is 0 Å². The van der Waals surface area contributed by atoms with E-state index in [1.165, 1.54) is 0 Å². The Labute approximate surface area is 140 Å². The molecule has 118 valence electrons. The third-order valence-electron chi connectivity index (χ3n) is 3.41. The second-order valence-electron chi connectivity index (χ2n) is 5.05. The summed E-state index contributed by atoms with van der Waals surface area (Å²) in [6.45, 7) is 2.83. The predicted molar refractivity (Wildman–Crippen MR) is 93.8 cm³/mol. The van der Waals surface area contributed by atoms with Crippen LogP contribution in [0.4, 0.5) is 0 Å². The van der Waals surface area contributed by atoms with Crippen LogP contribution in [0.1, 0.15) is 18.1 Å². The van der Waals surface area contributed by atoms with E-state index in [0.717, 1.165) is 28.3 Å². The average molecular weight is 327 g/mol. The molecule has 3 rings (SSSR count). The van der Waals surface area contributed by atoms with Crippen LogP contribution in [0.5, 0.6) is 11.5 Å². The first-order chi connectivity index (χ1) is 11.2. The van der Waals surface area contributed by atoms with Crippen LogP contribution in [0.25, 0.3) is 0 Å². The van der Waals surface area contributed by atoms with Gasteiger partial charge in [0.05, 0.1) is 5.71 Å². The van der Waals surface area contributed by atoms with Gasteiger partial charge in [0.25, 0.3) is 0 Å². The fraction of sp³-hybridized carbons (Fsp3) is 0.176. The van der Waals surface area contributed by atoms with E-state index >= 15 is 0 Å². The Morgan fingerprint density at radius 1 is 1.13 bits per heavy atom. The summed E-state index contributed by atoms with van der Waals surface area (Å²) < 4.78 is 10.7. The largest absolute Gasteiger partial charge is 0.454 e. The van der Waals surface area contributed by atoms with Crippen LogP contribution in [0.3, 0.4) is 0 Å². The van der Waals surface area contributed by atoms with Crippen molar-refractivity contribution >= 4 is 23.0 Å². The molecule has 1 aliphatic heterocycles. The molecule has 2 aromatic carbocycles. The lowest BCUT2D eigenvalue weighted by Crippen LogP contribution is -2.32. The quantitative estimate of drug-likeness (QED) is 0.514. The number of hydrazone groups is 1. The third-order valence-corrected chi connectivity index (χ3v) is 3.65. The molecule has 0 radical (unpaired) electrons. The smallest absolute Gasteiger partial charge is 0.231 e. The first kappa shape index (κ1) is 15.3. The number of nitrogens with zero attached hydrogens (tertiary/aromatic N) is 1. The molecule has 5 nitrogen and oxygen atoms in total. The molecule has 23 heavy (non-hydrogen) atoms. The van der Waals surface area contributed by atoms with Crippen LogP contribution in [-0.2, 0) is 6.54 Å². The molecule has 1 aliphatic rings. The normalized spacial score (nSPS) is 12.8. The minimum atomic E-state index is 0.265. The van der Waals surface area contributed by atoms with Gasteiger partial charge >= 0.3 is 0 Å². The Hall–Kier alpha value is -2.60. The van der Waals surface area contributed by atoms with Gasteiger partial charge in [-0.1, -0.05) is 30.3 Å². The van der Waals surface area contributed by atoms with E-state index in [9.17, 15) is 0 Å². The van der Waals surface area contributed by atoms with Crippen molar-refractivity contribution in [3.05, 3.63) is 59.7 Å². The molecular weight excluding hydrogens is 310 g/mol. The van der Waals surface area contributed by atoms with Crippen molar-refractivity contribution in [3.8, 4) is 11.5 Å². The van der Waals surface area contributed by atoms with E-state index in [4.69, 9.17) is 21.7 Å². The molecular formula is C17H17N3O2S.